The predicted molar refractivity (Wildman–Crippen MR) is 115 cm³/mol. The first-order valence-corrected chi connectivity index (χ1v) is 11.7. The third kappa shape index (κ3) is 4.67. The molecule has 2 aromatic rings. The molecule has 0 spiro atoms. The Balaban J connectivity index is 1.72. The summed E-state index contributed by atoms with van der Waals surface area (Å²) >= 11 is 0. The summed E-state index contributed by atoms with van der Waals surface area (Å²) in [4.78, 5) is 12.7. The highest BCUT2D eigenvalue weighted by molar-refractivity contribution is 7.89. The number of anilines is 1. The molecular formula is C21H30N4O4S. The SMILES string of the molecule is COc1ccc(C)cc1NC(=O)CCn1nc(C)c(S(=O)(=O)N2CCCCC2)c1C. The lowest BCUT2D eigenvalue weighted by molar-refractivity contribution is -0.116. The fraction of sp³-hybridized carbons (Fsp3) is 0.524. The van der Waals surface area contributed by atoms with Gasteiger partial charge in [-0.3, -0.25) is 9.48 Å². The van der Waals surface area contributed by atoms with Crippen LogP contribution in [0, 0.1) is 20.8 Å². The van der Waals surface area contributed by atoms with Crippen LogP contribution in [0.2, 0.25) is 0 Å². The lowest BCUT2D eigenvalue weighted by Crippen LogP contribution is -2.36. The molecule has 9 heteroatoms. The second-order valence-electron chi connectivity index (χ2n) is 7.69. The number of benzene rings is 1. The van der Waals surface area contributed by atoms with E-state index in [-0.39, 0.29) is 17.2 Å². The number of nitrogens with zero attached hydrogens (tertiary/aromatic N) is 3. The summed E-state index contributed by atoms with van der Waals surface area (Å²) in [5.41, 5.74) is 2.67. The molecule has 1 aliphatic rings. The number of carbonyl (C=O) groups is 1. The maximum atomic E-state index is 13.1. The van der Waals surface area contributed by atoms with Crippen molar-refractivity contribution in [3.05, 3.63) is 35.2 Å². The number of nitrogens with one attached hydrogen (secondary N) is 1. The summed E-state index contributed by atoms with van der Waals surface area (Å²) in [6.45, 7) is 6.79. The number of sulfonamides is 1. The van der Waals surface area contributed by atoms with Crippen LogP contribution in [-0.2, 0) is 21.4 Å². The Morgan fingerprint density at radius 1 is 1.17 bits per heavy atom. The predicted octanol–water partition coefficient (Wildman–Crippen LogP) is 3.02. The fourth-order valence-corrected chi connectivity index (χ4v) is 5.74. The van der Waals surface area contributed by atoms with Gasteiger partial charge in [0.05, 0.1) is 30.7 Å². The second kappa shape index (κ2) is 9.18. The smallest absolute Gasteiger partial charge is 0.246 e. The maximum absolute atomic E-state index is 13.1. The van der Waals surface area contributed by atoms with Gasteiger partial charge in [-0.1, -0.05) is 12.5 Å². The molecule has 0 radical (unpaired) electrons. The molecular weight excluding hydrogens is 404 g/mol. The molecule has 0 aliphatic carbocycles. The number of piperidine rings is 1. The van der Waals surface area contributed by atoms with Crippen LogP contribution in [-0.4, -0.2) is 48.6 Å². The van der Waals surface area contributed by atoms with Gasteiger partial charge in [0.1, 0.15) is 10.6 Å². The first kappa shape index (κ1) is 22.3. The molecule has 0 atom stereocenters. The maximum Gasteiger partial charge on any atom is 0.246 e. The number of methoxy groups -OCH3 is 1. The number of hydrogen-bond acceptors (Lipinski definition) is 5. The molecule has 1 fully saturated rings. The van der Waals surface area contributed by atoms with Crippen LogP contribution in [0.1, 0.15) is 42.6 Å². The first-order chi connectivity index (χ1) is 14.2. The molecule has 1 N–H and O–H groups in total. The van der Waals surface area contributed by atoms with E-state index < -0.39 is 10.0 Å². The monoisotopic (exact) mass is 434 g/mol. The van der Waals surface area contributed by atoms with E-state index in [1.54, 1.807) is 29.9 Å². The minimum Gasteiger partial charge on any atom is -0.495 e. The van der Waals surface area contributed by atoms with E-state index >= 15 is 0 Å². The Labute approximate surface area is 178 Å². The molecule has 1 amide bonds. The molecule has 8 nitrogen and oxygen atoms in total. The normalized spacial score (nSPS) is 15.2. The summed E-state index contributed by atoms with van der Waals surface area (Å²) < 4.78 is 34.7. The van der Waals surface area contributed by atoms with Crippen LogP contribution in [0.15, 0.2) is 23.1 Å². The fourth-order valence-electron chi connectivity index (χ4n) is 3.85. The number of carbonyl (C=O) groups excluding carboxylic acids is 1. The Morgan fingerprint density at radius 3 is 2.53 bits per heavy atom. The summed E-state index contributed by atoms with van der Waals surface area (Å²) in [6, 6.07) is 5.57. The molecule has 1 saturated heterocycles. The Morgan fingerprint density at radius 2 is 1.87 bits per heavy atom. The van der Waals surface area contributed by atoms with E-state index in [4.69, 9.17) is 4.74 Å². The van der Waals surface area contributed by atoms with Crippen molar-refractivity contribution in [3.8, 4) is 5.75 Å². The van der Waals surface area contributed by atoms with Gasteiger partial charge in [-0.25, -0.2) is 8.42 Å². The summed E-state index contributed by atoms with van der Waals surface area (Å²) in [5, 5.41) is 7.27. The minimum absolute atomic E-state index is 0.169. The van der Waals surface area contributed by atoms with Crippen molar-refractivity contribution >= 4 is 21.6 Å². The highest BCUT2D eigenvalue weighted by atomic mass is 32.2. The van der Waals surface area contributed by atoms with E-state index in [1.165, 1.54) is 0 Å². The van der Waals surface area contributed by atoms with E-state index in [0.717, 1.165) is 24.8 Å². The van der Waals surface area contributed by atoms with Crippen LogP contribution >= 0.6 is 0 Å². The largest absolute Gasteiger partial charge is 0.495 e. The average Bonchev–Trinajstić information content (AvgIpc) is 3.01. The summed E-state index contributed by atoms with van der Waals surface area (Å²) in [6.07, 6.45) is 2.99. The van der Waals surface area contributed by atoms with Gasteiger partial charge in [-0.15, -0.1) is 0 Å². The quantitative estimate of drug-likeness (QED) is 0.723. The summed E-state index contributed by atoms with van der Waals surface area (Å²) in [7, 11) is -2.01. The third-order valence-electron chi connectivity index (χ3n) is 5.41. The standard InChI is InChI=1S/C21H30N4O4S/c1-15-8-9-19(29-4)18(14-15)22-20(26)10-13-25-17(3)21(16(2)23-25)30(27,28)24-11-6-5-7-12-24/h8-9,14H,5-7,10-13H2,1-4H3,(H,22,26). The van der Waals surface area contributed by atoms with Gasteiger partial charge in [-0.05, 0) is 51.3 Å². The zero-order chi connectivity index (χ0) is 21.9. The summed E-state index contributed by atoms with van der Waals surface area (Å²) in [5.74, 6) is 0.405. The number of aromatic nitrogens is 2. The molecule has 3 rings (SSSR count). The number of hydrogen-bond donors (Lipinski definition) is 1. The van der Waals surface area contributed by atoms with Crippen molar-refractivity contribution in [2.75, 3.05) is 25.5 Å². The molecule has 0 bridgehead atoms. The Kier molecular flexibility index (Phi) is 6.82. The Bertz CT molecular complexity index is 1020. The lowest BCUT2D eigenvalue weighted by atomic mass is 10.2. The third-order valence-corrected chi connectivity index (χ3v) is 7.56. The van der Waals surface area contributed by atoms with Crippen molar-refractivity contribution in [1.82, 2.24) is 14.1 Å². The topological polar surface area (TPSA) is 93.5 Å². The average molecular weight is 435 g/mol. The molecule has 0 saturated carbocycles. The van der Waals surface area contributed by atoms with Crippen molar-refractivity contribution in [1.29, 1.82) is 0 Å². The number of rotatable bonds is 7. The van der Waals surface area contributed by atoms with Gasteiger partial charge in [-0.2, -0.15) is 9.40 Å². The van der Waals surface area contributed by atoms with E-state index in [9.17, 15) is 13.2 Å². The van der Waals surface area contributed by atoms with Gasteiger partial charge in [0, 0.05) is 19.5 Å². The molecule has 1 aromatic carbocycles. The molecule has 2 heterocycles. The van der Waals surface area contributed by atoms with Crippen LogP contribution < -0.4 is 10.1 Å². The molecule has 164 valence electrons. The molecule has 1 aliphatic heterocycles. The van der Waals surface area contributed by atoms with Crippen molar-refractivity contribution in [3.63, 3.8) is 0 Å². The van der Waals surface area contributed by atoms with E-state index in [0.29, 0.717) is 42.5 Å². The van der Waals surface area contributed by atoms with E-state index in [1.807, 2.05) is 25.1 Å². The molecule has 30 heavy (non-hydrogen) atoms. The van der Waals surface area contributed by atoms with Gasteiger partial charge in [0.15, 0.2) is 0 Å². The van der Waals surface area contributed by atoms with Gasteiger partial charge in [0.2, 0.25) is 15.9 Å². The van der Waals surface area contributed by atoms with Crippen LogP contribution in [0.4, 0.5) is 5.69 Å². The van der Waals surface area contributed by atoms with Gasteiger partial charge in [0.25, 0.3) is 0 Å². The van der Waals surface area contributed by atoms with Gasteiger partial charge >= 0.3 is 0 Å². The highest BCUT2D eigenvalue weighted by Crippen LogP contribution is 2.27. The van der Waals surface area contributed by atoms with Crippen LogP contribution in [0.5, 0.6) is 5.75 Å². The van der Waals surface area contributed by atoms with Crippen LogP contribution in [0.25, 0.3) is 0 Å². The van der Waals surface area contributed by atoms with Crippen molar-refractivity contribution in [2.45, 2.75) is 57.9 Å². The first-order valence-electron chi connectivity index (χ1n) is 10.2. The zero-order valence-corrected chi connectivity index (χ0v) is 18.9. The minimum atomic E-state index is -3.57. The van der Waals surface area contributed by atoms with Crippen molar-refractivity contribution < 1.29 is 17.9 Å². The molecule has 0 unspecified atom stereocenters. The van der Waals surface area contributed by atoms with E-state index in [2.05, 4.69) is 10.4 Å². The van der Waals surface area contributed by atoms with Crippen molar-refractivity contribution in [2.24, 2.45) is 0 Å². The number of ether oxygens (including phenoxy) is 1. The lowest BCUT2D eigenvalue weighted by Gasteiger charge is -2.26. The number of amides is 1. The van der Waals surface area contributed by atoms with Crippen LogP contribution in [0.3, 0.4) is 0 Å². The second-order valence-corrected chi connectivity index (χ2v) is 9.56. The molecule has 1 aromatic heterocycles. The van der Waals surface area contributed by atoms with Gasteiger partial charge < -0.3 is 10.1 Å². The Hall–Kier alpha value is -2.39. The zero-order valence-electron chi connectivity index (χ0n) is 18.1. The number of aryl methyl sites for hydroxylation is 3. The highest BCUT2D eigenvalue weighted by Gasteiger charge is 2.31.